The Labute approximate surface area is 134 Å². The molecule has 2 N–H and O–H groups in total. The van der Waals surface area contributed by atoms with Crippen molar-refractivity contribution < 1.29 is 14.6 Å². The molecule has 3 atom stereocenters. The van der Waals surface area contributed by atoms with Gasteiger partial charge in [-0.1, -0.05) is 0 Å². The maximum atomic E-state index is 12.3. The summed E-state index contributed by atoms with van der Waals surface area (Å²) in [4.78, 5) is 20.3. The highest BCUT2D eigenvalue weighted by Crippen LogP contribution is 2.28. The maximum Gasteiger partial charge on any atom is 0.253 e. The summed E-state index contributed by atoms with van der Waals surface area (Å²) in [5.74, 6) is 0.597. The Hall–Kier alpha value is -2.41. The minimum Gasteiger partial charge on any atom is -0.495 e. The van der Waals surface area contributed by atoms with E-state index in [9.17, 15) is 9.90 Å². The van der Waals surface area contributed by atoms with Gasteiger partial charge in [-0.2, -0.15) is 0 Å². The minimum atomic E-state index is -0.536. The molecule has 0 aromatic carbocycles. The van der Waals surface area contributed by atoms with Crippen LogP contribution in [0.5, 0.6) is 5.75 Å². The lowest BCUT2D eigenvalue weighted by molar-refractivity contribution is 0.0872. The Morgan fingerprint density at radius 2 is 2.30 bits per heavy atom. The minimum absolute atomic E-state index is 0.247. The van der Waals surface area contributed by atoms with Crippen molar-refractivity contribution in [3.05, 3.63) is 42.7 Å². The number of rotatable bonds is 5. The number of carbonyl (C=O) groups is 1. The summed E-state index contributed by atoms with van der Waals surface area (Å²) in [6.07, 6.45) is 9.30. The summed E-state index contributed by atoms with van der Waals surface area (Å²) in [6.45, 7) is 0.796. The standard InChI is InChI=1S/C16H20N4O3/c1-23-13-6-12(7-18-8-13)16(22)19-14-4-11(5-15(14)21)9-20-3-2-17-10-20/h2-3,6-8,10-11,14-15,21H,4-5,9H2,1H3,(H,19,22)/t11?,14-,15-/m1/s1. The lowest BCUT2D eigenvalue weighted by atomic mass is 10.1. The average Bonchev–Trinajstić information content (AvgIpc) is 3.18. The number of ether oxygens (including phenoxy) is 1. The van der Waals surface area contributed by atoms with Gasteiger partial charge in [0.15, 0.2) is 0 Å². The predicted molar refractivity (Wildman–Crippen MR) is 83.0 cm³/mol. The van der Waals surface area contributed by atoms with Gasteiger partial charge >= 0.3 is 0 Å². The summed E-state index contributed by atoms with van der Waals surface area (Å²) in [5, 5.41) is 13.1. The zero-order valence-electron chi connectivity index (χ0n) is 12.9. The average molecular weight is 316 g/mol. The summed E-state index contributed by atoms with van der Waals surface area (Å²) >= 11 is 0. The molecule has 0 radical (unpaired) electrons. The van der Waals surface area contributed by atoms with E-state index in [1.54, 1.807) is 24.8 Å². The first kappa shape index (κ1) is 15.5. The molecule has 3 rings (SSSR count). The number of aliphatic hydroxyl groups excluding tert-OH is 1. The van der Waals surface area contributed by atoms with Crippen LogP contribution in [0.3, 0.4) is 0 Å². The van der Waals surface area contributed by atoms with Crippen molar-refractivity contribution in [2.45, 2.75) is 31.5 Å². The summed E-state index contributed by atoms with van der Waals surface area (Å²) in [7, 11) is 1.53. The second-order valence-electron chi connectivity index (χ2n) is 5.86. The monoisotopic (exact) mass is 316 g/mol. The molecule has 23 heavy (non-hydrogen) atoms. The van der Waals surface area contributed by atoms with E-state index in [1.807, 2.05) is 10.8 Å². The van der Waals surface area contributed by atoms with Crippen LogP contribution in [-0.2, 0) is 6.54 Å². The zero-order valence-corrected chi connectivity index (χ0v) is 12.9. The fourth-order valence-electron chi connectivity index (χ4n) is 3.02. The quantitative estimate of drug-likeness (QED) is 0.854. The number of aliphatic hydroxyl groups is 1. The molecule has 0 bridgehead atoms. The van der Waals surface area contributed by atoms with E-state index in [2.05, 4.69) is 15.3 Å². The Morgan fingerprint density at radius 1 is 1.43 bits per heavy atom. The van der Waals surface area contributed by atoms with Crippen LogP contribution in [0.25, 0.3) is 0 Å². The number of aromatic nitrogens is 3. The molecule has 122 valence electrons. The molecule has 2 aromatic heterocycles. The number of methoxy groups -OCH3 is 1. The van der Waals surface area contributed by atoms with Crippen molar-refractivity contribution in [2.24, 2.45) is 5.92 Å². The molecule has 2 heterocycles. The highest BCUT2D eigenvalue weighted by molar-refractivity contribution is 5.94. The van der Waals surface area contributed by atoms with Crippen LogP contribution in [-0.4, -0.2) is 44.8 Å². The third-order valence-corrected chi connectivity index (χ3v) is 4.18. The largest absolute Gasteiger partial charge is 0.495 e. The highest BCUT2D eigenvalue weighted by atomic mass is 16.5. The van der Waals surface area contributed by atoms with E-state index in [0.29, 0.717) is 23.7 Å². The molecule has 0 aliphatic heterocycles. The lowest BCUT2D eigenvalue weighted by Crippen LogP contribution is -2.39. The van der Waals surface area contributed by atoms with E-state index in [0.717, 1.165) is 13.0 Å². The molecule has 2 aromatic rings. The second kappa shape index (κ2) is 6.78. The van der Waals surface area contributed by atoms with Crippen LogP contribution in [0, 0.1) is 5.92 Å². The Morgan fingerprint density at radius 3 is 3.04 bits per heavy atom. The summed E-state index contributed by atoms with van der Waals surface area (Å²) < 4.78 is 7.06. The first-order valence-electron chi connectivity index (χ1n) is 7.59. The molecule has 1 amide bonds. The molecule has 1 unspecified atom stereocenters. The van der Waals surface area contributed by atoms with Gasteiger partial charge in [-0.05, 0) is 24.8 Å². The van der Waals surface area contributed by atoms with Crippen molar-refractivity contribution in [1.82, 2.24) is 19.9 Å². The van der Waals surface area contributed by atoms with E-state index in [4.69, 9.17) is 4.74 Å². The molecule has 1 aliphatic carbocycles. The van der Waals surface area contributed by atoms with Gasteiger partial charge in [-0.25, -0.2) is 4.98 Å². The van der Waals surface area contributed by atoms with Gasteiger partial charge in [0.2, 0.25) is 0 Å². The third-order valence-electron chi connectivity index (χ3n) is 4.18. The first-order chi connectivity index (χ1) is 11.2. The van der Waals surface area contributed by atoms with Crippen LogP contribution in [0.1, 0.15) is 23.2 Å². The van der Waals surface area contributed by atoms with E-state index < -0.39 is 6.10 Å². The van der Waals surface area contributed by atoms with Gasteiger partial charge in [0.25, 0.3) is 5.91 Å². The maximum absolute atomic E-state index is 12.3. The van der Waals surface area contributed by atoms with Gasteiger partial charge in [-0.3, -0.25) is 9.78 Å². The van der Waals surface area contributed by atoms with Crippen molar-refractivity contribution in [1.29, 1.82) is 0 Å². The third kappa shape index (κ3) is 3.68. The SMILES string of the molecule is COc1cncc(C(=O)N[C@@H]2CC(Cn3ccnc3)C[C@H]2O)c1. The van der Waals surface area contributed by atoms with E-state index in [-0.39, 0.29) is 11.9 Å². The van der Waals surface area contributed by atoms with Gasteiger partial charge < -0.3 is 19.7 Å². The number of hydrogen-bond acceptors (Lipinski definition) is 5. The van der Waals surface area contributed by atoms with Crippen LogP contribution in [0.4, 0.5) is 0 Å². The number of pyridine rings is 1. The molecule has 0 spiro atoms. The Kier molecular flexibility index (Phi) is 4.57. The number of imidazole rings is 1. The van der Waals surface area contributed by atoms with Crippen LogP contribution in [0.15, 0.2) is 37.2 Å². The molecular formula is C16H20N4O3. The van der Waals surface area contributed by atoms with Crippen molar-refractivity contribution in [3.63, 3.8) is 0 Å². The number of nitrogens with zero attached hydrogens (tertiary/aromatic N) is 3. The zero-order chi connectivity index (χ0) is 16.2. The van der Waals surface area contributed by atoms with E-state index in [1.165, 1.54) is 13.3 Å². The Balaban J connectivity index is 1.60. The number of nitrogens with one attached hydrogen (secondary N) is 1. The fourth-order valence-corrected chi connectivity index (χ4v) is 3.02. The van der Waals surface area contributed by atoms with Crippen LogP contribution >= 0.6 is 0 Å². The van der Waals surface area contributed by atoms with Crippen molar-refractivity contribution in [2.75, 3.05) is 7.11 Å². The number of amides is 1. The molecule has 1 aliphatic rings. The van der Waals surface area contributed by atoms with Gasteiger partial charge in [0.05, 0.1) is 37.3 Å². The van der Waals surface area contributed by atoms with Gasteiger partial charge in [0.1, 0.15) is 5.75 Å². The normalized spacial score (nSPS) is 23.7. The summed E-state index contributed by atoms with van der Waals surface area (Å²) in [6, 6.07) is 1.38. The smallest absolute Gasteiger partial charge is 0.253 e. The molecule has 1 fully saturated rings. The highest BCUT2D eigenvalue weighted by Gasteiger charge is 2.34. The van der Waals surface area contributed by atoms with Crippen molar-refractivity contribution in [3.8, 4) is 5.75 Å². The van der Waals surface area contributed by atoms with E-state index >= 15 is 0 Å². The molecule has 0 saturated heterocycles. The predicted octanol–water partition coefficient (Wildman–Crippen LogP) is 0.856. The molecule has 1 saturated carbocycles. The van der Waals surface area contributed by atoms with Crippen LogP contribution in [0.2, 0.25) is 0 Å². The van der Waals surface area contributed by atoms with Crippen LogP contribution < -0.4 is 10.1 Å². The van der Waals surface area contributed by atoms with Crippen molar-refractivity contribution >= 4 is 5.91 Å². The number of carbonyl (C=O) groups excluding carboxylic acids is 1. The number of hydrogen-bond donors (Lipinski definition) is 2. The lowest BCUT2D eigenvalue weighted by Gasteiger charge is -2.16. The topological polar surface area (TPSA) is 89.3 Å². The molecule has 7 nitrogen and oxygen atoms in total. The molecule has 7 heteroatoms. The Bertz CT molecular complexity index is 659. The second-order valence-corrected chi connectivity index (χ2v) is 5.86. The molecular weight excluding hydrogens is 296 g/mol. The van der Waals surface area contributed by atoms with Gasteiger partial charge in [-0.15, -0.1) is 0 Å². The fraction of sp³-hybridized carbons (Fsp3) is 0.438. The first-order valence-corrected chi connectivity index (χ1v) is 7.59. The van der Waals surface area contributed by atoms with Gasteiger partial charge in [0, 0.05) is 25.1 Å². The summed E-state index contributed by atoms with van der Waals surface area (Å²) in [5.41, 5.74) is 0.426.